The van der Waals surface area contributed by atoms with Gasteiger partial charge in [0.15, 0.2) is 0 Å². The van der Waals surface area contributed by atoms with Gasteiger partial charge in [-0.05, 0) is 52.2 Å². The lowest BCUT2D eigenvalue weighted by Gasteiger charge is -2.21. The van der Waals surface area contributed by atoms with Crippen molar-refractivity contribution in [3.05, 3.63) is 0 Å². The summed E-state index contributed by atoms with van der Waals surface area (Å²) in [4.78, 5) is 12.8. The molecule has 0 aliphatic rings. The summed E-state index contributed by atoms with van der Waals surface area (Å²) >= 11 is 0. The third-order valence-corrected chi connectivity index (χ3v) is 2.56. The van der Waals surface area contributed by atoms with E-state index in [1.165, 1.54) is 12.8 Å². The molecule has 0 bridgehead atoms. The molecule has 2 N–H and O–H groups in total. The van der Waals surface area contributed by atoms with Crippen molar-refractivity contribution < 1.29 is 9.90 Å². The number of carboxylic acid groups (broad SMARTS) is 1. The molecule has 4 nitrogen and oxygen atoms in total. The first-order chi connectivity index (χ1) is 7.60. The van der Waals surface area contributed by atoms with Crippen LogP contribution in [-0.2, 0) is 0 Å². The largest absolute Gasteiger partial charge is 0.465 e. The molecule has 96 valence electrons. The molecule has 0 aliphatic heterocycles. The van der Waals surface area contributed by atoms with Crippen molar-refractivity contribution >= 4 is 6.09 Å². The van der Waals surface area contributed by atoms with E-state index < -0.39 is 6.09 Å². The zero-order chi connectivity index (χ0) is 12.4. The van der Waals surface area contributed by atoms with Crippen LogP contribution >= 0.6 is 0 Å². The Kier molecular flexibility index (Phi) is 9.00. The maximum atomic E-state index is 10.4. The van der Waals surface area contributed by atoms with Gasteiger partial charge in [0.2, 0.25) is 0 Å². The highest BCUT2D eigenvalue weighted by Crippen LogP contribution is 2.01. The van der Waals surface area contributed by atoms with Gasteiger partial charge in [-0.25, -0.2) is 4.79 Å². The lowest BCUT2D eigenvalue weighted by molar-refractivity contribution is 0.189. The average Bonchev–Trinajstić information content (AvgIpc) is 2.17. The molecular formula is C12H26N2O2. The first-order valence-corrected chi connectivity index (χ1v) is 6.31. The summed E-state index contributed by atoms with van der Waals surface area (Å²) < 4.78 is 0. The van der Waals surface area contributed by atoms with Crippen LogP contribution in [0.3, 0.4) is 0 Å². The van der Waals surface area contributed by atoms with Gasteiger partial charge in [0.25, 0.3) is 0 Å². The van der Waals surface area contributed by atoms with Crippen LogP contribution in [0.1, 0.15) is 46.5 Å². The molecule has 1 amide bonds. The molecule has 16 heavy (non-hydrogen) atoms. The minimum Gasteiger partial charge on any atom is -0.465 e. The van der Waals surface area contributed by atoms with Crippen LogP contribution < -0.4 is 5.32 Å². The number of nitrogens with zero attached hydrogens (tertiary/aromatic N) is 1. The van der Waals surface area contributed by atoms with Crippen LogP contribution in [0.15, 0.2) is 0 Å². The minimum absolute atomic E-state index is 0.0580. The molecule has 0 fully saturated rings. The summed E-state index contributed by atoms with van der Waals surface area (Å²) in [6.07, 6.45) is 3.41. The maximum absolute atomic E-state index is 10.4. The third kappa shape index (κ3) is 8.53. The average molecular weight is 230 g/mol. The van der Waals surface area contributed by atoms with E-state index in [0.29, 0.717) is 0 Å². The molecule has 0 saturated heterocycles. The molecule has 0 aliphatic carbocycles. The van der Waals surface area contributed by atoms with Crippen LogP contribution in [0, 0.1) is 0 Å². The molecule has 1 atom stereocenters. The summed E-state index contributed by atoms with van der Waals surface area (Å²) in [6.45, 7) is 9.67. The second-order valence-electron chi connectivity index (χ2n) is 4.33. The fourth-order valence-electron chi connectivity index (χ4n) is 1.87. The van der Waals surface area contributed by atoms with Crippen molar-refractivity contribution in [2.24, 2.45) is 0 Å². The molecule has 0 aromatic rings. The van der Waals surface area contributed by atoms with E-state index in [0.717, 1.165) is 32.5 Å². The minimum atomic E-state index is -0.925. The molecule has 0 heterocycles. The predicted molar refractivity (Wildman–Crippen MR) is 66.9 cm³/mol. The van der Waals surface area contributed by atoms with E-state index in [4.69, 9.17) is 5.11 Å². The van der Waals surface area contributed by atoms with Crippen LogP contribution in [0.5, 0.6) is 0 Å². The molecule has 0 spiro atoms. The zero-order valence-corrected chi connectivity index (χ0v) is 10.8. The topological polar surface area (TPSA) is 52.6 Å². The Morgan fingerprint density at radius 1 is 1.25 bits per heavy atom. The number of carbonyl (C=O) groups is 1. The van der Waals surface area contributed by atoms with Gasteiger partial charge in [0.05, 0.1) is 0 Å². The summed E-state index contributed by atoms with van der Waals surface area (Å²) in [5, 5.41) is 11.0. The third-order valence-electron chi connectivity index (χ3n) is 2.56. The van der Waals surface area contributed by atoms with Gasteiger partial charge < -0.3 is 15.3 Å². The van der Waals surface area contributed by atoms with Crippen molar-refractivity contribution in [3.63, 3.8) is 0 Å². The fourth-order valence-corrected chi connectivity index (χ4v) is 1.87. The fraction of sp³-hybridized carbons (Fsp3) is 0.917. The Morgan fingerprint density at radius 2 is 1.81 bits per heavy atom. The lowest BCUT2D eigenvalue weighted by atomic mass is 10.1. The molecule has 0 aromatic heterocycles. The Hall–Kier alpha value is -0.770. The quantitative estimate of drug-likeness (QED) is 0.640. The molecular weight excluding hydrogens is 204 g/mol. The van der Waals surface area contributed by atoms with Crippen molar-refractivity contribution in [2.75, 3.05) is 19.6 Å². The van der Waals surface area contributed by atoms with Gasteiger partial charge in [-0.15, -0.1) is 0 Å². The van der Waals surface area contributed by atoms with Gasteiger partial charge in [-0.1, -0.05) is 13.8 Å². The van der Waals surface area contributed by atoms with Gasteiger partial charge in [-0.3, -0.25) is 0 Å². The van der Waals surface area contributed by atoms with Gasteiger partial charge in [0.1, 0.15) is 0 Å². The van der Waals surface area contributed by atoms with E-state index in [9.17, 15) is 4.79 Å². The van der Waals surface area contributed by atoms with E-state index in [2.05, 4.69) is 24.1 Å². The summed E-state index contributed by atoms with van der Waals surface area (Å²) in [6, 6.07) is 0.0580. The summed E-state index contributed by atoms with van der Waals surface area (Å²) in [5.74, 6) is 0. The Bertz CT molecular complexity index is 180. The number of hydrogen-bond donors (Lipinski definition) is 2. The SMILES string of the molecule is CCCN(CCC)CCCC(C)NC(=O)O. The Balaban J connectivity index is 3.63. The molecule has 4 heteroatoms. The van der Waals surface area contributed by atoms with Crippen molar-refractivity contribution in [1.82, 2.24) is 10.2 Å². The van der Waals surface area contributed by atoms with Crippen LogP contribution in [-0.4, -0.2) is 41.8 Å². The number of nitrogens with one attached hydrogen (secondary N) is 1. The second-order valence-corrected chi connectivity index (χ2v) is 4.33. The van der Waals surface area contributed by atoms with E-state index >= 15 is 0 Å². The standard InChI is InChI=1S/C12H26N2O2/c1-4-8-14(9-5-2)10-6-7-11(3)13-12(15)16/h11,13H,4-10H2,1-3H3,(H,15,16). The second kappa shape index (κ2) is 9.46. The monoisotopic (exact) mass is 230 g/mol. The number of amides is 1. The van der Waals surface area contributed by atoms with E-state index in [1.54, 1.807) is 0 Å². The van der Waals surface area contributed by atoms with Gasteiger partial charge in [0, 0.05) is 6.04 Å². The van der Waals surface area contributed by atoms with E-state index in [1.807, 2.05) is 6.92 Å². The predicted octanol–water partition coefficient (Wildman–Crippen LogP) is 2.54. The lowest BCUT2D eigenvalue weighted by Crippen LogP contribution is -2.32. The van der Waals surface area contributed by atoms with Crippen molar-refractivity contribution in [2.45, 2.75) is 52.5 Å². The maximum Gasteiger partial charge on any atom is 0.404 e. The van der Waals surface area contributed by atoms with Gasteiger partial charge >= 0.3 is 6.09 Å². The highest BCUT2D eigenvalue weighted by Gasteiger charge is 2.06. The Labute approximate surface area is 99.0 Å². The molecule has 0 rings (SSSR count). The number of hydrogen-bond acceptors (Lipinski definition) is 2. The van der Waals surface area contributed by atoms with Crippen LogP contribution in [0.2, 0.25) is 0 Å². The van der Waals surface area contributed by atoms with Crippen molar-refractivity contribution in [1.29, 1.82) is 0 Å². The molecule has 0 radical (unpaired) electrons. The summed E-state index contributed by atoms with van der Waals surface area (Å²) in [7, 11) is 0. The highest BCUT2D eigenvalue weighted by molar-refractivity contribution is 5.64. The molecule has 1 unspecified atom stereocenters. The number of rotatable bonds is 9. The van der Waals surface area contributed by atoms with Crippen molar-refractivity contribution in [3.8, 4) is 0 Å². The first kappa shape index (κ1) is 15.2. The smallest absolute Gasteiger partial charge is 0.404 e. The Morgan fingerprint density at radius 3 is 2.25 bits per heavy atom. The van der Waals surface area contributed by atoms with Crippen LogP contribution in [0.25, 0.3) is 0 Å². The van der Waals surface area contributed by atoms with Crippen LogP contribution in [0.4, 0.5) is 4.79 Å². The highest BCUT2D eigenvalue weighted by atomic mass is 16.4. The molecule has 0 aromatic carbocycles. The first-order valence-electron chi connectivity index (χ1n) is 6.31. The summed E-state index contributed by atoms with van der Waals surface area (Å²) in [5.41, 5.74) is 0. The molecule has 0 saturated carbocycles. The normalized spacial score (nSPS) is 12.8. The van der Waals surface area contributed by atoms with E-state index in [-0.39, 0.29) is 6.04 Å². The van der Waals surface area contributed by atoms with Gasteiger partial charge in [-0.2, -0.15) is 0 Å². The zero-order valence-electron chi connectivity index (χ0n) is 10.8.